The maximum atomic E-state index is 12.2. The number of piperidine rings is 1. The van der Waals surface area contributed by atoms with Gasteiger partial charge in [0.2, 0.25) is 0 Å². The standard InChI is InChI=1S/C24H40N4O4.HI/c1-7-25-22(26-13-10-18-8-9-20(30-5)21(16-18)31-6)27-17-19-11-14-28(15-12-19)23(29)32-24(2,3)4;/h8-9,16,19H,7,10-15,17H2,1-6H3,(H2,25,26,27);1H. The molecule has 0 bridgehead atoms. The zero-order valence-electron chi connectivity index (χ0n) is 20.9. The third-order valence-corrected chi connectivity index (χ3v) is 5.27. The minimum atomic E-state index is -0.457. The molecule has 1 saturated heterocycles. The van der Waals surface area contributed by atoms with Crippen LogP contribution in [-0.4, -0.2) is 69.5 Å². The third kappa shape index (κ3) is 10.3. The number of amides is 1. The summed E-state index contributed by atoms with van der Waals surface area (Å²) in [5.74, 6) is 2.76. The summed E-state index contributed by atoms with van der Waals surface area (Å²) in [7, 11) is 3.29. The predicted octanol–water partition coefficient (Wildman–Crippen LogP) is 4.07. The summed E-state index contributed by atoms with van der Waals surface area (Å²) < 4.78 is 16.2. The van der Waals surface area contributed by atoms with Gasteiger partial charge in [0.05, 0.1) is 14.2 Å². The molecule has 1 aliphatic rings. The number of hydrogen-bond donors (Lipinski definition) is 2. The first kappa shape index (κ1) is 29.1. The Morgan fingerprint density at radius 2 is 1.79 bits per heavy atom. The molecule has 1 heterocycles. The Kier molecular flexibility index (Phi) is 12.7. The molecule has 1 amide bonds. The Balaban J connectivity index is 0.00000544. The van der Waals surface area contributed by atoms with Gasteiger partial charge in [0.15, 0.2) is 17.5 Å². The number of carbonyl (C=O) groups excluding carboxylic acids is 1. The molecule has 2 rings (SSSR count). The number of aliphatic imine (C=N–C) groups is 1. The maximum absolute atomic E-state index is 12.2. The van der Waals surface area contributed by atoms with Crippen LogP contribution >= 0.6 is 24.0 Å². The van der Waals surface area contributed by atoms with Gasteiger partial charge >= 0.3 is 6.09 Å². The molecule has 0 aliphatic carbocycles. The molecule has 188 valence electrons. The number of likely N-dealkylation sites (tertiary alicyclic amines) is 1. The van der Waals surface area contributed by atoms with Crippen LogP contribution in [0.3, 0.4) is 0 Å². The average molecular weight is 577 g/mol. The van der Waals surface area contributed by atoms with E-state index in [0.29, 0.717) is 5.92 Å². The summed E-state index contributed by atoms with van der Waals surface area (Å²) >= 11 is 0. The molecule has 0 spiro atoms. The second kappa shape index (κ2) is 14.4. The molecule has 2 N–H and O–H groups in total. The molecule has 0 atom stereocenters. The zero-order chi connectivity index (χ0) is 23.6. The van der Waals surface area contributed by atoms with Crippen molar-refractivity contribution in [1.29, 1.82) is 0 Å². The van der Waals surface area contributed by atoms with Gasteiger partial charge in [0.25, 0.3) is 0 Å². The topological polar surface area (TPSA) is 84.4 Å². The molecule has 0 unspecified atom stereocenters. The van der Waals surface area contributed by atoms with Gasteiger partial charge < -0.3 is 29.7 Å². The highest BCUT2D eigenvalue weighted by Crippen LogP contribution is 2.27. The smallest absolute Gasteiger partial charge is 0.410 e. The number of carbonyl (C=O) groups is 1. The van der Waals surface area contributed by atoms with E-state index in [2.05, 4.69) is 17.6 Å². The highest BCUT2D eigenvalue weighted by molar-refractivity contribution is 14.0. The fraction of sp³-hybridized carbons (Fsp3) is 0.667. The second-order valence-corrected chi connectivity index (χ2v) is 9.00. The highest BCUT2D eigenvalue weighted by Gasteiger charge is 2.26. The molecule has 0 saturated carbocycles. The van der Waals surface area contributed by atoms with Crippen molar-refractivity contribution >= 4 is 36.0 Å². The Bertz CT molecular complexity index is 759. The van der Waals surface area contributed by atoms with Gasteiger partial charge in [-0.2, -0.15) is 0 Å². The van der Waals surface area contributed by atoms with Gasteiger partial charge in [-0.05, 0) is 70.6 Å². The first-order chi connectivity index (χ1) is 15.3. The van der Waals surface area contributed by atoms with Crippen molar-refractivity contribution in [2.75, 3.05) is 46.9 Å². The van der Waals surface area contributed by atoms with Crippen molar-refractivity contribution in [2.45, 2.75) is 52.6 Å². The van der Waals surface area contributed by atoms with Gasteiger partial charge in [-0.15, -0.1) is 24.0 Å². The van der Waals surface area contributed by atoms with Gasteiger partial charge in [-0.3, -0.25) is 4.99 Å². The highest BCUT2D eigenvalue weighted by atomic mass is 127. The molecule has 9 heteroatoms. The molecule has 1 aromatic carbocycles. The van der Waals surface area contributed by atoms with Crippen LogP contribution in [0.2, 0.25) is 0 Å². The summed E-state index contributed by atoms with van der Waals surface area (Å²) in [4.78, 5) is 18.8. The summed E-state index contributed by atoms with van der Waals surface area (Å²) in [6, 6.07) is 5.98. The van der Waals surface area contributed by atoms with Crippen LogP contribution in [0.1, 0.15) is 46.1 Å². The largest absolute Gasteiger partial charge is 0.493 e. The SMILES string of the molecule is CCNC(=NCC1CCN(C(=O)OC(C)(C)C)CC1)NCCc1ccc(OC)c(OC)c1.I. The lowest BCUT2D eigenvalue weighted by molar-refractivity contribution is 0.0187. The average Bonchev–Trinajstić information content (AvgIpc) is 2.76. The number of halogens is 1. The number of rotatable bonds is 8. The van der Waals surface area contributed by atoms with E-state index in [4.69, 9.17) is 19.2 Å². The van der Waals surface area contributed by atoms with E-state index in [1.807, 2.05) is 39.0 Å². The molecule has 8 nitrogen and oxygen atoms in total. The number of guanidine groups is 1. The van der Waals surface area contributed by atoms with Crippen LogP contribution in [0, 0.1) is 5.92 Å². The van der Waals surface area contributed by atoms with E-state index >= 15 is 0 Å². The number of ether oxygens (including phenoxy) is 3. The van der Waals surface area contributed by atoms with E-state index in [0.717, 1.165) is 69.4 Å². The van der Waals surface area contributed by atoms with Crippen molar-refractivity contribution < 1.29 is 19.0 Å². The van der Waals surface area contributed by atoms with Crippen molar-refractivity contribution in [3.63, 3.8) is 0 Å². The van der Waals surface area contributed by atoms with E-state index in [1.165, 1.54) is 5.56 Å². The van der Waals surface area contributed by atoms with Crippen molar-refractivity contribution in [3.05, 3.63) is 23.8 Å². The summed E-state index contributed by atoms with van der Waals surface area (Å²) in [6.07, 6.45) is 2.50. The molecule has 0 aromatic heterocycles. The third-order valence-electron chi connectivity index (χ3n) is 5.27. The molecule has 1 aromatic rings. The van der Waals surface area contributed by atoms with Crippen LogP contribution in [0.5, 0.6) is 11.5 Å². The first-order valence-corrected chi connectivity index (χ1v) is 11.5. The van der Waals surface area contributed by atoms with E-state index in [1.54, 1.807) is 19.1 Å². The zero-order valence-corrected chi connectivity index (χ0v) is 23.2. The van der Waals surface area contributed by atoms with Crippen molar-refractivity contribution in [1.82, 2.24) is 15.5 Å². The van der Waals surface area contributed by atoms with Crippen LogP contribution in [0.15, 0.2) is 23.2 Å². The Morgan fingerprint density at radius 1 is 1.12 bits per heavy atom. The van der Waals surface area contributed by atoms with Gasteiger partial charge in [0.1, 0.15) is 5.60 Å². The lowest BCUT2D eigenvalue weighted by Gasteiger charge is -2.33. The quantitative estimate of drug-likeness (QED) is 0.276. The number of methoxy groups -OCH3 is 2. The van der Waals surface area contributed by atoms with E-state index < -0.39 is 5.60 Å². The predicted molar refractivity (Wildman–Crippen MR) is 143 cm³/mol. The van der Waals surface area contributed by atoms with Crippen molar-refractivity contribution in [2.24, 2.45) is 10.9 Å². The van der Waals surface area contributed by atoms with Gasteiger partial charge in [0, 0.05) is 32.7 Å². The second-order valence-electron chi connectivity index (χ2n) is 9.00. The number of hydrogen-bond acceptors (Lipinski definition) is 5. The number of nitrogens with zero attached hydrogens (tertiary/aromatic N) is 2. The molecular formula is C24H41IN4O4. The minimum Gasteiger partial charge on any atom is -0.493 e. The monoisotopic (exact) mass is 576 g/mol. The van der Waals surface area contributed by atoms with Crippen molar-refractivity contribution in [3.8, 4) is 11.5 Å². The normalized spacial score (nSPS) is 14.8. The van der Waals surface area contributed by atoms with Crippen LogP contribution in [0.4, 0.5) is 4.79 Å². The molecular weight excluding hydrogens is 535 g/mol. The lowest BCUT2D eigenvalue weighted by Crippen LogP contribution is -2.42. The molecule has 1 aliphatic heterocycles. The van der Waals surface area contributed by atoms with E-state index in [9.17, 15) is 4.79 Å². The van der Waals surface area contributed by atoms with Crippen LogP contribution < -0.4 is 20.1 Å². The molecule has 1 fully saturated rings. The maximum Gasteiger partial charge on any atom is 0.410 e. The fourth-order valence-electron chi connectivity index (χ4n) is 3.55. The summed E-state index contributed by atoms with van der Waals surface area (Å²) in [5, 5.41) is 6.72. The summed E-state index contributed by atoms with van der Waals surface area (Å²) in [6.45, 7) is 11.5. The Hall–Kier alpha value is -1.91. The Labute approximate surface area is 215 Å². The van der Waals surface area contributed by atoms with Gasteiger partial charge in [-0.1, -0.05) is 6.07 Å². The Morgan fingerprint density at radius 3 is 2.36 bits per heavy atom. The number of nitrogens with one attached hydrogen (secondary N) is 2. The van der Waals surface area contributed by atoms with Crippen LogP contribution in [-0.2, 0) is 11.2 Å². The van der Waals surface area contributed by atoms with Gasteiger partial charge in [-0.25, -0.2) is 4.79 Å². The van der Waals surface area contributed by atoms with Crippen LogP contribution in [0.25, 0.3) is 0 Å². The first-order valence-electron chi connectivity index (χ1n) is 11.5. The number of benzene rings is 1. The lowest BCUT2D eigenvalue weighted by atomic mass is 9.97. The fourth-order valence-corrected chi connectivity index (χ4v) is 3.55. The molecule has 33 heavy (non-hydrogen) atoms. The molecule has 0 radical (unpaired) electrons. The minimum absolute atomic E-state index is 0. The van der Waals surface area contributed by atoms with E-state index in [-0.39, 0.29) is 30.1 Å². The summed E-state index contributed by atoms with van der Waals surface area (Å²) in [5.41, 5.74) is 0.710.